The number of carbonyl (C=O) groups is 3. The molecule has 8 heteroatoms. The lowest BCUT2D eigenvalue weighted by Crippen LogP contribution is -2.55. The van der Waals surface area contributed by atoms with Crippen LogP contribution < -0.4 is 16.2 Å². The molecular weight excluding hydrogens is 348 g/mol. The van der Waals surface area contributed by atoms with Gasteiger partial charge in [-0.2, -0.15) is 0 Å². The molecule has 0 aromatic heterocycles. The smallest absolute Gasteiger partial charge is 0.407 e. The van der Waals surface area contributed by atoms with Crippen LogP contribution in [0.5, 0.6) is 0 Å². The van der Waals surface area contributed by atoms with Crippen molar-refractivity contribution in [2.75, 3.05) is 13.1 Å². The van der Waals surface area contributed by atoms with E-state index in [1.54, 1.807) is 37.8 Å². The number of nitrogens with one attached hydrogen (secondary N) is 3. The minimum absolute atomic E-state index is 0.189. The van der Waals surface area contributed by atoms with E-state index in [0.717, 1.165) is 18.4 Å². The Hall–Kier alpha value is -2.77. The van der Waals surface area contributed by atoms with Crippen LogP contribution in [0.1, 0.15) is 49.5 Å². The van der Waals surface area contributed by atoms with E-state index in [1.165, 1.54) is 0 Å². The quantitative estimate of drug-likeness (QED) is 0.690. The molecule has 0 aliphatic carbocycles. The van der Waals surface area contributed by atoms with Crippen LogP contribution >= 0.6 is 0 Å². The van der Waals surface area contributed by atoms with Gasteiger partial charge in [0.05, 0.1) is 0 Å². The number of carbonyl (C=O) groups excluding carboxylic acids is 3. The molecule has 1 aliphatic heterocycles. The molecule has 2 rings (SSSR count). The van der Waals surface area contributed by atoms with E-state index in [2.05, 4.69) is 16.2 Å². The van der Waals surface area contributed by atoms with Crippen LogP contribution in [-0.4, -0.2) is 47.7 Å². The first-order valence-corrected chi connectivity index (χ1v) is 9.06. The van der Waals surface area contributed by atoms with Gasteiger partial charge in [0, 0.05) is 24.7 Å². The highest BCUT2D eigenvalue weighted by Crippen LogP contribution is 2.12. The Bertz CT molecular complexity index is 699. The van der Waals surface area contributed by atoms with Crippen LogP contribution in [0.2, 0.25) is 0 Å². The molecule has 1 fully saturated rings. The molecule has 148 valence electrons. The zero-order valence-corrected chi connectivity index (χ0v) is 16.3. The summed E-state index contributed by atoms with van der Waals surface area (Å²) >= 11 is 0. The summed E-state index contributed by atoms with van der Waals surface area (Å²) in [6.45, 7) is 8.12. The number of hydrogen-bond donors (Lipinski definition) is 3. The second-order valence-electron chi connectivity index (χ2n) is 7.63. The van der Waals surface area contributed by atoms with Crippen molar-refractivity contribution in [2.45, 2.75) is 52.2 Å². The van der Waals surface area contributed by atoms with Gasteiger partial charge in [0.15, 0.2) is 0 Å². The summed E-state index contributed by atoms with van der Waals surface area (Å²) in [6, 6.07) is 6.53. The van der Waals surface area contributed by atoms with Crippen LogP contribution in [0.15, 0.2) is 24.3 Å². The normalized spacial score (nSPS) is 17.0. The maximum absolute atomic E-state index is 12.3. The number of aryl methyl sites for hydroxylation is 1. The van der Waals surface area contributed by atoms with Gasteiger partial charge in [-0.25, -0.2) is 15.0 Å². The van der Waals surface area contributed by atoms with Crippen LogP contribution in [0.3, 0.4) is 0 Å². The largest absolute Gasteiger partial charge is 0.444 e. The fourth-order valence-corrected chi connectivity index (χ4v) is 2.84. The molecule has 4 amide bonds. The summed E-state index contributed by atoms with van der Waals surface area (Å²) in [5.74, 6) is -0.373. The zero-order valence-electron chi connectivity index (χ0n) is 16.3. The molecule has 0 spiro atoms. The molecule has 0 bridgehead atoms. The highest BCUT2D eigenvalue weighted by molar-refractivity contribution is 5.96. The van der Waals surface area contributed by atoms with E-state index < -0.39 is 17.7 Å². The number of amides is 4. The molecule has 1 saturated heterocycles. The summed E-state index contributed by atoms with van der Waals surface area (Å²) in [4.78, 5) is 38.0. The summed E-state index contributed by atoms with van der Waals surface area (Å²) in [5, 5.41) is 2.79. The van der Waals surface area contributed by atoms with E-state index in [9.17, 15) is 14.4 Å². The van der Waals surface area contributed by atoms with Gasteiger partial charge < -0.3 is 15.0 Å². The standard InChI is InChI=1S/C19H28N4O4/c1-13-8-5-6-10-15(13)16(24)21-22-17(25)23-11-7-9-14(12-23)20-18(26)27-19(2,3)4/h5-6,8,10,14H,7,9,11-12H2,1-4H3,(H,20,26)(H,21,24)(H,22,25). The second kappa shape index (κ2) is 8.75. The number of ether oxygens (including phenoxy) is 1. The molecule has 8 nitrogen and oxygen atoms in total. The van der Waals surface area contributed by atoms with Crippen molar-refractivity contribution < 1.29 is 19.1 Å². The van der Waals surface area contributed by atoms with E-state index in [4.69, 9.17) is 4.74 Å². The van der Waals surface area contributed by atoms with Crippen LogP contribution in [0, 0.1) is 6.92 Å². The number of urea groups is 1. The number of alkyl carbamates (subject to hydrolysis) is 1. The molecule has 1 aromatic rings. The molecule has 0 saturated carbocycles. The Morgan fingerprint density at radius 2 is 1.85 bits per heavy atom. The SMILES string of the molecule is Cc1ccccc1C(=O)NNC(=O)N1CCCC(NC(=O)OC(C)(C)C)C1. The van der Waals surface area contributed by atoms with Crippen LogP contribution in [0.4, 0.5) is 9.59 Å². The summed E-state index contributed by atoms with van der Waals surface area (Å²) < 4.78 is 5.25. The zero-order chi connectivity index (χ0) is 20.0. The predicted molar refractivity (Wildman–Crippen MR) is 101 cm³/mol. The van der Waals surface area contributed by atoms with Crippen molar-refractivity contribution >= 4 is 18.0 Å². The van der Waals surface area contributed by atoms with Crippen molar-refractivity contribution in [2.24, 2.45) is 0 Å². The van der Waals surface area contributed by atoms with E-state index in [-0.39, 0.29) is 11.9 Å². The van der Waals surface area contributed by atoms with Crippen LogP contribution in [-0.2, 0) is 4.74 Å². The van der Waals surface area contributed by atoms with Crippen molar-refractivity contribution in [3.63, 3.8) is 0 Å². The van der Waals surface area contributed by atoms with E-state index in [1.807, 2.05) is 19.1 Å². The molecular formula is C19H28N4O4. The van der Waals surface area contributed by atoms with Crippen molar-refractivity contribution in [1.82, 2.24) is 21.1 Å². The van der Waals surface area contributed by atoms with Gasteiger partial charge in [-0.3, -0.25) is 10.2 Å². The predicted octanol–water partition coefficient (Wildman–Crippen LogP) is 2.34. The molecule has 1 aromatic carbocycles. The van der Waals surface area contributed by atoms with Gasteiger partial charge in [-0.15, -0.1) is 0 Å². The van der Waals surface area contributed by atoms with Gasteiger partial charge in [0.2, 0.25) is 0 Å². The fourth-order valence-electron chi connectivity index (χ4n) is 2.84. The van der Waals surface area contributed by atoms with Crippen LogP contribution in [0.25, 0.3) is 0 Å². The minimum Gasteiger partial charge on any atom is -0.444 e. The Kier molecular flexibility index (Phi) is 6.65. The lowest BCUT2D eigenvalue weighted by atomic mass is 10.1. The molecule has 0 radical (unpaired) electrons. The Balaban J connectivity index is 1.83. The Labute approximate surface area is 159 Å². The maximum Gasteiger partial charge on any atom is 0.407 e. The summed E-state index contributed by atoms with van der Waals surface area (Å²) in [7, 11) is 0. The van der Waals surface area contributed by atoms with Gasteiger partial charge in [0.1, 0.15) is 5.60 Å². The first-order chi connectivity index (χ1) is 12.7. The first-order valence-electron chi connectivity index (χ1n) is 9.06. The highest BCUT2D eigenvalue weighted by atomic mass is 16.6. The Morgan fingerprint density at radius 3 is 2.52 bits per heavy atom. The number of hydrogen-bond acceptors (Lipinski definition) is 4. The van der Waals surface area contributed by atoms with Gasteiger partial charge in [-0.05, 0) is 52.2 Å². The van der Waals surface area contributed by atoms with Gasteiger partial charge in [0.25, 0.3) is 5.91 Å². The number of hydrazine groups is 1. The maximum atomic E-state index is 12.3. The number of rotatable bonds is 2. The lowest BCUT2D eigenvalue weighted by Gasteiger charge is -2.33. The summed E-state index contributed by atoms with van der Waals surface area (Å²) in [6.07, 6.45) is 1.01. The second-order valence-corrected chi connectivity index (χ2v) is 7.63. The molecule has 27 heavy (non-hydrogen) atoms. The average molecular weight is 376 g/mol. The van der Waals surface area contributed by atoms with Crippen molar-refractivity contribution in [3.05, 3.63) is 35.4 Å². The number of likely N-dealkylation sites (tertiary alicyclic amines) is 1. The van der Waals surface area contributed by atoms with E-state index >= 15 is 0 Å². The first kappa shape index (κ1) is 20.5. The average Bonchev–Trinajstić information content (AvgIpc) is 2.58. The van der Waals surface area contributed by atoms with Gasteiger partial charge >= 0.3 is 12.1 Å². The number of piperidine rings is 1. The number of benzene rings is 1. The van der Waals surface area contributed by atoms with Gasteiger partial charge in [-0.1, -0.05) is 18.2 Å². The number of nitrogens with zero attached hydrogens (tertiary/aromatic N) is 1. The third kappa shape index (κ3) is 6.47. The molecule has 1 aliphatic rings. The van der Waals surface area contributed by atoms with Crippen molar-refractivity contribution in [1.29, 1.82) is 0 Å². The Morgan fingerprint density at radius 1 is 1.15 bits per heavy atom. The molecule has 1 atom stereocenters. The third-order valence-electron chi connectivity index (χ3n) is 4.10. The summed E-state index contributed by atoms with van der Waals surface area (Å²) in [5.41, 5.74) is 5.61. The third-order valence-corrected chi connectivity index (χ3v) is 4.10. The highest BCUT2D eigenvalue weighted by Gasteiger charge is 2.26. The van der Waals surface area contributed by atoms with Crippen molar-refractivity contribution in [3.8, 4) is 0 Å². The van der Waals surface area contributed by atoms with E-state index in [0.29, 0.717) is 18.7 Å². The minimum atomic E-state index is -0.574. The molecule has 1 unspecified atom stereocenters. The fraction of sp³-hybridized carbons (Fsp3) is 0.526. The topological polar surface area (TPSA) is 99.8 Å². The monoisotopic (exact) mass is 376 g/mol. The molecule has 3 N–H and O–H groups in total. The molecule has 1 heterocycles. The lowest BCUT2D eigenvalue weighted by molar-refractivity contribution is 0.0479.